The van der Waals surface area contributed by atoms with Crippen LogP contribution in [0.25, 0.3) is 0 Å². The summed E-state index contributed by atoms with van der Waals surface area (Å²) >= 11 is 0. The molecule has 1 rings (SSSR count). The molecule has 4 nitrogen and oxygen atoms in total. The summed E-state index contributed by atoms with van der Waals surface area (Å²) in [6.45, 7) is 14.5. The average molecular weight is 279 g/mol. The number of hydrogen-bond acceptors (Lipinski definition) is 4. The first kappa shape index (κ1) is 16.9. The number of ether oxygens (including phenoxy) is 1. The van der Waals surface area contributed by atoms with Crippen LogP contribution >= 0.6 is 0 Å². The smallest absolute Gasteiger partial charge is 0.160 e. The topological polar surface area (TPSA) is 47.0 Å². The first-order chi connectivity index (χ1) is 9.43. The first-order valence-electron chi connectivity index (χ1n) is 7.67. The molecule has 0 fully saturated rings. The second-order valence-corrected chi connectivity index (χ2v) is 6.06. The van der Waals surface area contributed by atoms with Crippen molar-refractivity contribution in [2.45, 2.75) is 66.5 Å². The summed E-state index contributed by atoms with van der Waals surface area (Å²) in [6, 6.07) is 0. The van der Waals surface area contributed by atoms with E-state index in [2.05, 4.69) is 56.8 Å². The fourth-order valence-corrected chi connectivity index (χ4v) is 1.70. The highest BCUT2D eigenvalue weighted by atomic mass is 16.5. The third-order valence-corrected chi connectivity index (χ3v) is 3.11. The number of hydrogen-bond donors (Lipinski definition) is 1. The lowest BCUT2D eigenvalue weighted by molar-refractivity contribution is 0.212. The maximum absolute atomic E-state index is 5.92. The number of rotatable bonds is 8. The van der Waals surface area contributed by atoms with Crippen LogP contribution in [0.3, 0.4) is 0 Å². The van der Waals surface area contributed by atoms with Gasteiger partial charge in [-0.15, -0.1) is 0 Å². The van der Waals surface area contributed by atoms with E-state index in [-0.39, 0.29) is 6.10 Å². The molecule has 0 aliphatic carbocycles. The minimum absolute atomic E-state index is 0.187. The van der Waals surface area contributed by atoms with Gasteiger partial charge in [0.05, 0.1) is 18.0 Å². The highest BCUT2D eigenvalue weighted by Gasteiger charge is 2.12. The molecule has 0 aliphatic heterocycles. The van der Waals surface area contributed by atoms with Crippen molar-refractivity contribution in [3.8, 4) is 5.75 Å². The Bertz CT molecular complexity index is 405. The van der Waals surface area contributed by atoms with Crippen molar-refractivity contribution in [1.29, 1.82) is 0 Å². The Balaban J connectivity index is 2.85. The molecule has 0 spiro atoms. The summed E-state index contributed by atoms with van der Waals surface area (Å²) in [6.07, 6.45) is 2.98. The molecule has 1 N–H and O–H groups in total. The van der Waals surface area contributed by atoms with Crippen molar-refractivity contribution in [1.82, 2.24) is 15.3 Å². The molecule has 0 aromatic carbocycles. The normalized spacial score (nSPS) is 13.0. The SMILES string of the molecule is CCC(C)Oc1cnc(C(C)C)nc1CNCC(C)C. The largest absolute Gasteiger partial charge is 0.487 e. The highest BCUT2D eigenvalue weighted by Crippen LogP contribution is 2.20. The van der Waals surface area contributed by atoms with Crippen molar-refractivity contribution >= 4 is 0 Å². The quantitative estimate of drug-likeness (QED) is 0.791. The second kappa shape index (κ2) is 8.20. The third kappa shape index (κ3) is 5.45. The summed E-state index contributed by atoms with van der Waals surface area (Å²) in [5.41, 5.74) is 0.963. The molecule has 20 heavy (non-hydrogen) atoms. The highest BCUT2D eigenvalue weighted by molar-refractivity contribution is 5.25. The molecular formula is C16H29N3O. The lowest BCUT2D eigenvalue weighted by Crippen LogP contribution is -2.22. The molecule has 1 atom stereocenters. The van der Waals surface area contributed by atoms with E-state index in [0.717, 1.165) is 36.8 Å². The molecule has 0 radical (unpaired) electrons. The van der Waals surface area contributed by atoms with Gasteiger partial charge in [0, 0.05) is 12.5 Å². The Morgan fingerprint density at radius 2 is 1.90 bits per heavy atom. The van der Waals surface area contributed by atoms with Gasteiger partial charge in [0.2, 0.25) is 0 Å². The van der Waals surface area contributed by atoms with E-state index >= 15 is 0 Å². The van der Waals surface area contributed by atoms with Crippen LogP contribution in [-0.4, -0.2) is 22.6 Å². The molecule has 0 saturated heterocycles. The lowest BCUT2D eigenvalue weighted by Gasteiger charge is -2.17. The van der Waals surface area contributed by atoms with Crippen LogP contribution in [0.15, 0.2) is 6.20 Å². The predicted molar refractivity (Wildman–Crippen MR) is 83.0 cm³/mol. The van der Waals surface area contributed by atoms with Gasteiger partial charge in [0.25, 0.3) is 0 Å². The van der Waals surface area contributed by atoms with E-state index in [4.69, 9.17) is 4.74 Å². The van der Waals surface area contributed by atoms with Crippen molar-refractivity contribution in [3.05, 3.63) is 17.7 Å². The van der Waals surface area contributed by atoms with Crippen LogP contribution in [0.2, 0.25) is 0 Å². The van der Waals surface area contributed by atoms with E-state index in [0.29, 0.717) is 11.8 Å². The van der Waals surface area contributed by atoms with Crippen LogP contribution in [0.4, 0.5) is 0 Å². The summed E-state index contributed by atoms with van der Waals surface area (Å²) in [5.74, 6) is 2.64. The van der Waals surface area contributed by atoms with Gasteiger partial charge >= 0.3 is 0 Å². The summed E-state index contributed by atoms with van der Waals surface area (Å²) in [5, 5.41) is 3.43. The minimum atomic E-state index is 0.187. The molecule has 1 aromatic rings. The van der Waals surface area contributed by atoms with Crippen LogP contribution in [0, 0.1) is 5.92 Å². The fraction of sp³-hybridized carbons (Fsp3) is 0.750. The maximum atomic E-state index is 5.92. The average Bonchev–Trinajstić information content (AvgIpc) is 2.39. The summed E-state index contributed by atoms with van der Waals surface area (Å²) < 4.78 is 5.92. The van der Waals surface area contributed by atoms with E-state index in [1.165, 1.54) is 0 Å². The van der Waals surface area contributed by atoms with Gasteiger partial charge in [-0.3, -0.25) is 0 Å². The Labute approximate surface area is 123 Å². The van der Waals surface area contributed by atoms with Crippen molar-refractivity contribution in [2.24, 2.45) is 5.92 Å². The summed E-state index contributed by atoms with van der Waals surface area (Å²) in [7, 11) is 0. The Hall–Kier alpha value is -1.16. The van der Waals surface area contributed by atoms with Gasteiger partial charge in [0.15, 0.2) is 5.75 Å². The van der Waals surface area contributed by atoms with E-state index in [9.17, 15) is 0 Å². The fourth-order valence-electron chi connectivity index (χ4n) is 1.70. The first-order valence-corrected chi connectivity index (χ1v) is 7.67. The van der Waals surface area contributed by atoms with E-state index in [1.54, 1.807) is 0 Å². The molecule has 1 heterocycles. The molecule has 1 unspecified atom stereocenters. The van der Waals surface area contributed by atoms with Gasteiger partial charge in [-0.1, -0.05) is 34.6 Å². The Morgan fingerprint density at radius 1 is 1.20 bits per heavy atom. The number of nitrogens with zero attached hydrogens (tertiary/aromatic N) is 2. The van der Waals surface area contributed by atoms with Gasteiger partial charge in [-0.2, -0.15) is 0 Å². The van der Waals surface area contributed by atoms with Gasteiger partial charge in [-0.05, 0) is 25.8 Å². The molecule has 0 amide bonds. The second-order valence-electron chi connectivity index (χ2n) is 6.06. The van der Waals surface area contributed by atoms with Crippen LogP contribution < -0.4 is 10.1 Å². The van der Waals surface area contributed by atoms with E-state index < -0.39 is 0 Å². The van der Waals surface area contributed by atoms with Crippen LogP contribution in [0.5, 0.6) is 5.75 Å². The van der Waals surface area contributed by atoms with Crippen molar-refractivity contribution in [2.75, 3.05) is 6.54 Å². The van der Waals surface area contributed by atoms with Gasteiger partial charge < -0.3 is 10.1 Å². The zero-order valence-corrected chi connectivity index (χ0v) is 13.7. The number of nitrogens with one attached hydrogen (secondary N) is 1. The zero-order chi connectivity index (χ0) is 15.1. The molecule has 1 aromatic heterocycles. The lowest BCUT2D eigenvalue weighted by atomic mass is 10.2. The molecule has 0 aliphatic rings. The Morgan fingerprint density at radius 3 is 2.45 bits per heavy atom. The minimum Gasteiger partial charge on any atom is -0.487 e. The van der Waals surface area contributed by atoms with Crippen molar-refractivity contribution in [3.63, 3.8) is 0 Å². The van der Waals surface area contributed by atoms with Gasteiger partial charge in [0.1, 0.15) is 5.82 Å². The predicted octanol–water partition coefficient (Wildman–Crippen LogP) is 3.52. The number of aromatic nitrogens is 2. The zero-order valence-electron chi connectivity index (χ0n) is 13.7. The summed E-state index contributed by atoms with van der Waals surface area (Å²) in [4.78, 5) is 9.06. The standard InChI is InChI=1S/C16H29N3O/c1-7-13(6)20-15-10-18-16(12(4)5)19-14(15)9-17-8-11(2)3/h10-13,17H,7-9H2,1-6H3. The molecule has 114 valence electrons. The molecular weight excluding hydrogens is 250 g/mol. The third-order valence-electron chi connectivity index (χ3n) is 3.11. The van der Waals surface area contributed by atoms with Crippen LogP contribution in [0.1, 0.15) is 65.4 Å². The maximum Gasteiger partial charge on any atom is 0.160 e. The monoisotopic (exact) mass is 279 g/mol. The molecule has 0 bridgehead atoms. The molecule has 0 saturated carbocycles. The van der Waals surface area contributed by atoms with Crippen LogP contribution in [-0.2, 0) is 6.54 Å². The molecule has 4 heteroatoms. The van der Waals surface area contributed by atoms with Crippen molar-refractivity contribution < 1.29 is 4.74 Å². The van der Waals surface area contributed by atoms with E-state index in [1.807, 2.05) is 6.20 Å². The van der Waals surface area contributed by atoms with Gasteiger partial charge in [-0.25, -0.2) is 9.97 Å². The Kier molecular flexibility index (Phi) is 6.93.